The highest BCUT2D eigenvalue weighted by atomic mass is 19.2. The maximum atomic E-state index is 13.0. The van der Waals surface area contributed by atoms with Crippen LogP contribution in [0.3, 0.4) is 0 Å². The van der Waals surface area contributed by atoms with Gasteiger partial charge in [0.1, 0.15) is 0 Å². The summed E-state index contributed by atoms with van der Waals surface area (Å²) in [7, 11) is 0. The number of carboxylic acids is 1. The van der Waals surface area contributed by atoms with Crippen molar-refractivity contribution >= 4 is 17.7 Å². The maximum Gasteiger partial charge on any atom is 0.337 e. The molecule has 0 aromatic heterocycles. The van der Waals surface area contributed by atoms with E-state index < -0.39 is 29.2 Å². The van der Waals surface area contributed by atoms with Crippen LogP contribution in [-0.4, -0.2) is 23.7 Å². The summed E-state index contributed by atoms with van der Waals surface area (Å²) in [6.45, 7) is 3.52. The number of hydrogen-bond acceptors (Lipinski definition) is 2. The molecule has 0 saturated heterocycles. The fourth-order valence-electron chi connectivity index (χ4n) is 1.16. The van der Waals surface area contributed by atoms with Crippen LogP contribution in [0.25, 0.3) is 0 Å². The Morgan fingerprint density at radius 3 is 2.50 bits per heavy atom. The van der Waals surface area contributed by atoms with Crippen molar-refractivity contribution in [1.82, 2.24) is 5.32 Å². The minimum atomic E-state index is -1.48. The third kappa shape index (κ3) is 3.27. The Balaban J connectivity index is 3.00. The first-order valence-electron chi connectivity index (χ1n) is 4.83. The molecule has 0 saturated carbocycles. The molecular formula is C11H10F2N2O3. The molecular weight excluding hydrogens is 246 g/mol. The van der Waals surface area contributed by atoms with Gasteiger partial charge in [0.2, 0.25) is 0 Å². The second kappa shape index (κ2) is 5.76. The summed E-state index contributed by atoms with van der Waals surface area (Å²) in [5.74, 6) is -4.03. The Labute approximate surface area is 101 Å². The Bertz CT molecular complexity index is 503. The number of nitrogens with one attached hydrogen (secondary N) is 2. The Hall–Kier alpha value is -2.44. The van der Waals surface area contributed by atoms with Gasteiger partial charge >= 0.3 is 12.0 Å². The van der Waals surface area contributed by atoms with Crippen LogP contribution in [0.2, 0.25) is 0 Å². The lowest BCUT2D eigenvalue weighted by atomic mass is 10.1. The largest absolute Gasteiger partial charge is 0.478 e. The summed E-state index contributed by atoms with van der Waals surface area (Å²) in [5.41, 5.74) is -0.870. The minimum absolute atomic E-state index is 0.151. The van der Waals surface area contributed by atoms with E-state index in [2.05, 4.69) is 17.2 Å². The van der Waals surface area contributed by atoms with Crippen LogP contribution < -0.4 is 10.6 Å². The molecule has 0 fully saturated rings. The van der Waals surface area contributed by atoms with E-state index in [0.717, 1.165) is 0 Å². The normalized spacial score (nSPS) is 9.67. The number of benzene rings is 1. The lowest BCUT2D eigenvalue weighted by Gasteiger charge is -2.09. The molecule has 0 aliphatic heterocycles. The number of carbonyl (C=O) groups excluding carboxylic acids is 1. The second-order valence-electron chi connectivity index (χ2n) is 3.24. The van der Waals surface area contributed by atoms with Crippen LogP contribution in [0.4, 0.5) is 19.3 Å². The molecule has 0 bridgehead atoms. The molecule has 1 aromatic rings. The predicted octanol–water partition coefficient (Wildman–Crippen LogP) is 1.97. The highest BCUT2D eigenvalue weighted by Gasteiger charge is 2.16. The first kappa shape index (κ1) is 13.6. The molecule has 2 amide bonds. The number of carboxylic acid groups (broad SMARTS) is 1. The van der Waals surface area contributed by atoms with Crippen molar-refractivity contribution in [2.45, 2.75) is 0 Å². The first-order valence-corrected chi connectivity index (χ1v) is 4.83. The van der Waals surface area contributed by atoms with Gasteiger partial charge in [0.15, 0.2) is 11.6 Å². The first-order chi connectivity index (χ1) is 8.45. The lowest BCUT2D eigenvalue weighted by Crippen LogP contribution is -2.29. The minimum Gasteiger partial charge on any atom is -0.478 e. The van der Waals surface area contributed by atoms with Crippen molar-refractivity contribution in [2.75, 3.05) is 11.9 Å². The summed E-state index contributed by atoms with van der Waals surface area (Å²) in [5, 5.41) is 13.2. The molecule has 0 spiro atoms. The van der Waals surface area contributed by atoms with Crippen molar-refractivity contribution in [3.05, 3.63) is 42.0 Å². The van der Waals surface area contributed by atoms with E-state index in [-0.39, 0.29) is 12.2 Å². The third-order valence-corrected chi connectivity index (χ3v) is 1.95. The summed E-state index contributed by atoms with van der Waals surface area (Å²) < 4.78 is 25.8. The second-order valence-corrected chi connectivity index (χ2v) is 3.24. The number of rotatable bonds is 4. The highest BCUT2D eigenvalue weighted by Crippen LogP contribution is 2.20. The van der Waals surface area contributed by atoms with Crippen molar-refractivity contribution in [3.63, 3.8) is 0 Å². The van der Waals surface area contributed by atoms with Gasteiger partial charge in [-0.15, -0.1) is 6.58 Å². The highest BCUT2D eigenvalue weighted by molar-refractivity contribution is 6.00. The molecule has 0 aliphatic carbocycles. The molecule has 5 nitrogen and oxygen atoms in total. The predicted molar refractivity (Wildman–Crippen MR) is 60.5 cm³/mol. The smallest absolute Gasteiger partial charge is 0.337 e. The molecule has 0 unspecified atom stereocenters. The molecule has 0 aliphatic rings. The number of amides is 2. The van der Waals surface area contributed by atoms with E-state index in [1.54, 1.807) is 0 Å². The number of carbonyl (C=O) groups is 2. The van der Waals surface area contributed by atoms with Gasteiger partial charge in [-0.05, 0) is 6.07 Å². The van der Waals surface area contributed by atoms with Gasteiger partial charge in [-0.2, -0.15) is 0 Å². The molecule has 96 valence electrons. The van der Waals surface area contributed by atoms with E-state index in [4.69, 9.17) is 5.11 Å². The van der Waals surface area contributed by atoms with Gasteiger partial charge in [-0.3, -0.25) is 0 Å². The fourth-order valence-corrected chi connectivity index (χ4v) is 1.16. The standard InChI is InChI=1S/C11H10F2N2O3/c1-2-3-14-11(18)15-9-5-8(13)7(12)4-6(9)10(16)17/h2,4-5H,1,3H2,(H,16,17)(H2,14,15,18). The van der Waals surface area contributed by atoms with Crippen molar-refractivity contribution in [3.8, 4) is 0 Å². The molecule has 1 rings (SSSR count). The van der Waals surface area contributed by atoms with E-state index in [9.17, 15) is 18.4 Å². The molecule has 0 radical (unpaired) electrons. The van der Waals surface area contributed by atoms with Crippen molar-refractivity contribution in [2.24, 2.45) is 0 Å². The van der Waals surface area contributed by atoms with Crippen LogP contribution in [0, 0.1) is 11.6 Å². The fraction of sp³-hybridized carbons (Fsp3) is 0.0909. The number of urea groups is 1. The molecule has 0 atom stereocenters. The van der Waals surface area contributed by atoms with Crippen LogP contribution in [0.5, 0.6) is 0 Å². The van der Waals surface area contributed by atoms with Crippen molar-refractivity contribution in [1.29, 1.82) is 0 Å². The molecule has 1 aromatic carbocycles. The molecule has 18 heavy (non-hydrogen) atoms. The van der Waals surface area contributed by atoms with E-state index in [0.29, 0.717) is 12.1 Å². The van der Waals surface area contributed by atoms with E-state index in [1.165, 1.54) is 6.08 Å². The Morgan fingerprint density at radius 1 is 1.33 bits per heavy atom. The van der Waals surface area contributed by atoms with Crippen LogP contribution in [0.15, 0.2) is 24.8 Å². The molecule has 3 N–H and O–H groups in total. The van der Waals surface area contributed by atoms with Gasteiger partial charge in [-0.1, -0.05) is 6.08 Å². The van der Waals surface area contributed by atoms with Crippen molar-refractivity contribution < 1.29 is 23.5 Å². The van der Waals surface area contributed by atoms with Gasteiger partial charge < -0.3 is 15.7 Å². The number of hydrogen-bond donors (Lipinski definition) is 3. The maximum absolute atomic E-state index is 13.0. The van der Waals surface area contributed by atoms with Gasteiger partial charge in [0.05, 0.1) is 11.3 Å². The summed E-state index contributed by atoms with van der Waals surface area (Å²) in [6, 6.07) is 0.357. The average Bonchev–Trinajstić information content (AvgIpc) is 2.30. The zero-order chi connectivity index (χ0) is 13.7. The number of halogens is 2. The SMILES string of the molecule is C=CCNC(=O)Nc1cc(F)c(F)cc1C(=O)O. The van der Waals surface area contributed by atoms with Gasteiger partial charge in [0.25, 0.3) is 0 Å². The number of aromatic carboxylic acids is 1. The Morgan fingerprint density at radius 2 is 1.94 bits per heavy atom. The molecule has 0 heterocycles. The summed E-state index contributed by atoms with van der Waals surface area (Å²) >= 11 is 0. The van der Waals surface area contributed by atoms with Crippen LogP contribution >= 0.6 is 0 Å². The zero-order valence-electron chi connectivity index (χ0n) is 9.17. The van der Waals surface area contributed by atoms with Gasteiger partial charge in [0, 0.05) is 12.6 Å². The quantitative estimate of drug-likeness (QED) is 0.720. The van der Waals surface area contributed by atoms with E-state index in [1.807, 2.05) is 0 Å². The summed E-state index contributed by atoms with van der Waals surface area (Å²) in [6.07, 6.45) is 1.41. The van der Waals surface area contributed by atoms with Crippen LogP contribution in [-0.2, 0) is 0 Å². The third-order valence-electron chi connectivity index (χ3n) is 1.95. The topological polar surface area (TPSA) is 78.4 Å². The van der Waals surface area contributed by atoms with E-state index >= 15 is 0 Å². The zero-order valence-corrected chi connectivity index (χ0v) is 9.17. The number of anilines is 1. The average molecular weight is 256 g/mol. The Kier molecular flexibility index (Phi) is 4.36. The molecule has 7 heteroatoms. The lowest BCUT2D eigenvalue weighted by molar-refractivity contribution is 0.0697. The monoisotopic (exact) mass is 256 g/mol. The summed E-state index contributed by atoms with van der Waals surface area (Å²) in [4.78, 5) is 22.1. The van der Waals surface area contributed by atoms with Gasteiger partial charge in [-0.25, -0.2) is 18.4 Å². The van der Waals surface area contributed by atoms with Crippen LogP contribution in [0.1, 0.15) is 10.4 Å².